The monoisotopic (exact) mass is 378 g/mol. The molecule has 2 unspecified atom stereocenters. The van der Waals surface area contributed by atoms with Gasteiger partial charge in [0.1, 0.15) is 12.1 Å². The van der Waals surface area contributed by atoms with E-state index < -0.39 is 48.8 Å². The van der Waals surface area contributed by atoms with Crippen molar-refractivity contribution in [3.05, 3.63) is 0 Å². The highest BCUT2D eigenvalue weighted by Gasteiger charge is 2.28. The molecule has 0 aromatic heterocycles. The van der Waals surface area contributed by atoms with Crippen molar-refractivity contribution in [1.29, 1.82) is 0 Å². The van der Waals surface area contributed by atoms with Crippen LogP contribution in [0.15, 0.2) is 0 Å². The predicted molar refractivity (Wildman–Crippen MR) is 88.9 cm³/mol. The van der Waals surface area contributed by atoms with E-state index >= 15 is 0 Å². The van der Waals surface area contributed by atoms with Gasteiger partial charge in [-0.05, 0) is 0 Å². The third-order valence-corrected chi connectivity index (χ3v) is 3.46. The average molecular weight is 378 g/mol. The van der Waals surface area contributed by atoms with Gasteiger partial charge in [0, 0.05) is 39.3 Å². The Hall–Kier alpha value is -2.28. The van der Waals surface area contributed by atoms with Crippen LogP contribution >= 0.6 is 0 Å². The highest BCUT2D eigenvalue weighted by molar-refractivity contribution is 5.81. The Labute approximate surface area is 150 Å². The normalized spacial score (nSPS) is 13.3. The van der Waals surface area contributed by atoms with Crippen LogP contribution in [0.3, 0.4) is 0 Å². The third-order valence-electron chi connectivity index (χ3n) is 3.46. The van der Waals surface area contributed by atoms with Crippen LogP contribution in [0, 0.1) is 0 Å². The Morgan fingerprint density at radius 2 is 1.42 bits per heavy atom. The minimum absolute atomic E-state index is 0.0233. The SMILES string of the molecule is NCCNCCN(CCNC(CC(=O)O)C(=O)O)C(CC(=O)O)C(=O)O. The van der Waals surface area contributed by atoms with Gasteiger partial charge in [-0.2, -0.15) is 0 Å². The molecule has 0 bridgehead atoms. The number of nitrogens with one attached hydrogen (secondary N) is 2. The van der Waals surface area contributed by atoms with E-state index in [9.17, 15) is 24.3 Å². The number of aliphatic carboxylic acids is 4. The molecule has 0 rings (SSSR count). The number of rotatable bonds is 16. The fourth-order valence-electron chi connectivity index (χ4n) is 2.21. The molecule has 0 aromatic carbocycles. The quantitative estimate of drug-likeness (QED) is 0.137. The van der Waals surface area contributed by atoms with Gasteiger partial charge >= 0.3 is 23.9 Å². The summed E-state index contributed by atoms with van der Waals surface area (Å²) in [6.07, 6.45) is -1.26. The molecule has 0 saturated carbocycles. The molecule has 26 heavy (non-hydrogen) atoms. The van der Waals surface area contributed by atoms with Crippen molar-refractivity contribution in [2.45, 2.75) is 24.9 Å². The van der Waals surface area contributed by atoms with Crippen LogP contribution in [0.2, 0.25) is 0 Å². The standard InChI is InChI=1S/C14H26N4O8/c15-1-2-16-3-5-18(10(14(25)26)8-12(21)22)6-4-17-9(13(23)24)7-11(19)20/h9-10,16-17H,1-8,15H2,(H,19,20)(H,21,22)(H,23,24)(H,25,26). The van der Waals surface area contributed by atoms with Gasteiger partial charge in [-0.3, -0.25) is 24.1 Å². The molecule has 0 fully saturated rings. The molecule has 0 aliphatic carbocycles. The van der Waals surface area contributed by atoms with Crippen molar-refractivity contribution >= 4 is 23.9 Å². The third kappa shape index (κ3) is 10.6. The summed E-state index contributed by atoms with van der Waals surface area (Å²) in [5, 5.41) is 41.3. The molecule has 0 aliphatic heterocycles. The zero-order chi connectivity index (χ0) is 20.1. The smallest absolute Gasteiger partial charge is 0.321 e. The maximum Gasteiger partial charge on any atom is 0.321 e. The number of nitrogens with two attached hydrogens (primary N) is 1. The van der Waals surface area contributed by atoms with Gasteiger partial charge in [0.05, 0.1) is 12.8 Å². The first-order chi connectivity index (χ1) is 12.2. The van der Waals surface area contributed by atoms with Crippen molar-refractivity contribution in [2.75, 3.05) is 39.3 Å². The molecule has 150 valence electrons. The lowest BCUT2D eigenvalue weighted by Crippen LogP contribution is -2.50. The molecule has 0 heterocycles. The van der Waals surface area contributed by atoms with E-state index in [2.05, 4.69) is 10.6 Å². The van der Waals surface area contributed by atoms with Crippen LogP contribution < -0.4 is 16.4 Å². The summed E-state index contributed by atoms with van der Waals surface area (Å²) in [6.45, 7) is 1.44. The van der Waals surface area contributed by atoms with Gasteiger partial charge in [-0.25, -0.2) is 0 Å². The van der Waals surface area contributed by atoms with Gasteiger partial charge in [0.15, 0.2) is 0 Å². The Morgan fingerprint density at radius 1 is 0.846 bits per heavy atom. The summed E-state index contributed by atoms with van der Waals surface area (Å²) in [4.78, 5) is 45.3. The molecule has 0 amide bonds. The van der Waals surface area contributed by atoms with Crippen LogP contribution in [-0.4, -0.2) is 101 Å². The number of nitrogens with zero attached hydrogens (tertiary/aromatic N) is 1. The first-order valence-corrected chi connectivity index (χ1v) is 7.96. The molecule has 8 N–H and O–H groups in total. The number of hydrogen-bond donors (Lipinski definition) is 7. The highest BCUT2D eigenvalue weighted by Crippen LogP contribution is 2.05. The number of carboxylic acid groups (broad SMARTS) is 4. The van der Waals surface area contributed by atoms with Crippen molar-refractivity contribution in [3.8, 4) is 0 Å². The van der Waals surface area contributed by atoms with E-state index in [-0.39, 0.29) is 19.6 Å². The molecule has 0 aliphatic rings. The minimum atomic E-state index is -1.34. The molecule has 0 radical (unpaired) electrons. The van der Waals surface area contributed by atoms with Crippen LogP contribution in [0.25, 0.3) is 0 Å². The summed E-state index contributed by atoms with van der Waals surface area (Å²) >= 11 is 0. The van der Waals surface area contributed by atoms with Gasteiger partial charge in [-0.1, -0.05) is 0 Å². The van der Waals surface area contributed by atoms with E-state index in [1.54, 1.807) is 0 Å². The summed E-state index contributed by atoms with van der Waals surface area (Å²) in [7, 11) is 0. The minimum Gasteiger partial charge on any atom is -0.481 e. The summed E-state index contributed by atoms with van der Waals surface area (Å²) in [6, 6.07) is -2.62. The number of carboxylic acids is 4. The average Bonchev–Trinajstić information content (AvgIpc) is 2.53. The second kappa shape index (κ2) is 13.0. The lowest BCUT2D eigenvalue weighted by Gasteiger charge is -2.28. The largest absolute Gasteiger partial charge is 0.481 e. The van der Waals surface area contributed by atoms with Crippen LogP contribution in [0.1, 0.15) is 12.8 Å². The second-order valence-electron chi connectivity index (χ2n) is 5.47. The van der Waals surface area contributed by atoms with E-state index in [1.165, 1.54) is 4.90 Å². The van der Waals surface area contributed by atoms with Crippen LogP contribution in [0.5, 0.6) is 0 Å². The summed E-state index contributed by atoms with van der Waals surface area (Å²) < 4.78 is 0. The number of carbonyl (C=O) groups is 4. The van der Waals surface area contributed by atoms with E-state index in [0.717, 1.165) is 0 Å². The Kier molecular flexibility index (Phi) is 11.9. The lowest BCUT2D eigenvalue weighted by atomic mass is 10.1. The zero-order valence-electron chi connectivity index (χ0n) is 14.3. The Bertz CT molecular complexity index is 488. The topological polar surface area (TPSA) is 203 Å². The molecule has 2 atom stereocenters. The van der Waals surface area contributed by atoms with Crippen molar-refractivity contribution < 1.29 is 39.6 Å². The fraction of sp³-hybridized carbons (Fsp3) is 0.714. The zero-order valence-corrected chi connectivity index (χ0v) is 14.3. The van der Waals surface area contributed by atoms with Crippen molar-refractivity contribution in [1.82, 2.24) is 15.5 Å². The second-order valence-corrected chi connectivity index (χ2v) is 5.47. The molecule has 12 heteroatoms. The number of hydrogen-bond acceptors (Lipinski definition) is 8. The Morgan fingerprint density at radius 3 is 1.88 bits per heavy atom. The van der Waals surface area contributed by atoms with Crippen molar-refractivity contribution in [3.63, 3.8) is 0 Å². The molecule has 0 aromatic rings. The van der Waals surface area contributed by atoms with Crippen molar-refractivity contribution in [2.24, 2.45) is 5.73 Å². The maximum atomic E-state index is 11.4. The highest BCUT2D eigenvalue weighted by atomic mass is 16.4. The van der Waals surface area contributed by atoms with E-state index in [0.29, 0.717) is 19.6 Å². The van der Waals surface area contributed by atoms with Gasteiger partial charge in [0.25, 0.3) is 0 Å². The lowest BCUT2D eigenvalue weighted by molar-refractivity contribution is -0.149. The van der Waals surface area contributed by atoms with Crippen LogP contribution in [0.4, 0.5) is 0 Å². The van der Waals surface area contributed by atoms with E-state index in [4.69, 9.17) is 21.1 Å². The predicted octanol–water partition coefficient (Wildman–Crippen LogP) is -2.72. The van der Waals surface area contributed by atoms with Gasteiger partial charge in [0.2, 0.25) is 0 Å². The summed E-state index contributed by atoms with van der Waals surface area (Å²) in [5.41, 5.74) is 5.34. The van der Waals surface area contributed by atoms with E-state index in [1.807, 2.05) is 0 Å². The molecular weight excluding hydrogens is 352 g/mol. The van der Waals surface area contributed by atoms with Crippen LogP contribution in [-0.2, 0) is 19.2 Å². The maximum absolute atomic E-state index is 11.4. The van der Waals surface area contributed by atoms with Gasteiger partial charge in [-0.15, -0.1) is 0 Å². The first kappa shape index (κ1) is 23.7. The first-order valence-electron chi connectivity index (χ1n) is 7.96. The molecular formula is C14H26N4O8. The molecule has 12 nitrogen and oxygen atoms in total. The fourth-order valence-corrected chi connectivity index (χ4v) is 2.21. The molecule has 0 spiro atoms. The molecule has 0 saturated heterocycles. The Balaban J connectivity index is 4.85. The summed E-state index contributed by atoms with van der Waals surface area (Å²) in [5.74, 6) is -5.22. The van der Waals surface area contributed by atoms with Gasteiger partial charge < -0.3 is 36.8 Å².